The average Bonchev–Trinajstić information content (AvgIpc) is 4.04. The van der Waals surface area contributed by atoms with E-state index in [1.165, 1.54) is 30.9 Å². The Morgan fingerprint density at radius 2 is 0.873 bits per heavy atom. The van der Waals surface area contributed by atoms with Gasteiger partial charge in [-0.1, -0.05) is 164 Å². The number of para-hydroxylation sites is 3. The molecule has 5 nitrogen and oxygen atoms in total. The number of thiophene rings is 1. The van der Waals surface area contributed by atoms with Gasteiger partial charge >= 0.3 is 0 Å². The lowest BCUT2D eigenvalue weighted by atomic mass is 9.95. The molecule has 0 aliphatic heterocycles. The summed E-state index contributed by atoms with van der Waals surface area (Å²) >= 11 is 1.79. The standard InChI is InChI=1S/C57H34N4OS/c1-2-14-35(15-3-1)36-28-30-37(31-29-36)55-58-56(38-32-33-43-42-19-7-11-27-51(42)63-52(43)34-38)60-57(59-55)45-21-13-26-50-54(45)53-44(20-12-25-49(53)62-50)41-18-6-10-24-48(41)61-46-22-8-4-16-39(46)40-17-5-9-23-47(40)61/h1-34H. The molecule has 4 heterocycles. The molecule has 0 spiro atoms. The van der Waals surface area contributed by atoms with Crippen LogP contribution in [0.15, 0.2) is 211 Å². The summed E-state index contributed by atoms with van der Waals surface area (Å²) in [5.41, 5.74) is 12.2. The van der Waals surface area contributed by atoms with Crippen LogP contribution in [0.4, 0.5) is 0 Å². The van der Waals surface area contributed by atoms with Gasteiger partial charge in [0.15, 0.2) is 17.5 Å². The Bertz CT molecular complexity index is 3860. The number of furan rings is 1. The number of hydrogen-bond acceptors (Lipinski definition) is 5. The van der Waals surface area contributed by atoms with Gasteiger partial charge in [-0.3, -0.25) is 0 Å². The lowest BCUT2D eigenvalue weighted by Crippen LogP contribution is -2.00. The number of benzene rings is 9. The molecule has 0 saturated carbocycles. The van der Waals surface area contributed by atoms with Crippen LogP contribution in [0.2, 0.25) is 0 Å². The maximum atomic E-state index is 6.73. The first kappa shape index (κ1) is 35.6. The van der Waals surface area contributed by atoms with Crippen LogP contribution in [-0.4, -0.2) is 19.5 Å². The summed E-state index contributed by atoms with van der Waals surface area (Å²) in [5, 5.41) is 6.91. The lowest BCUT2D eigenvalue weighted by molar-refractivity contribution is 0.669. The minimum atomic E-state index is 0.581. The summed E-state index contributed by atoms with van der Waals surface area (Å²) in [4.78, 5) is 15.8. The number of rotatable bonds is 6. The first-order valence-corrected chi connectivity index (χ1v) is 21.9. The first-order chi connectivity index (χ1) is 31.2. The highest BCUT2D eigenvalue weighted by molar-refractivity contribution is 7.25. The van der Waals surface area contributed by atoms with Gasteiger partial charge in [0.2, 0.25) is 0 Å². The minimum absolute atomic E-state index is 0.581. The van der Waals surface area contributed by atoms with E-state index in [9.17, 15) is 0 Å². The van der Waals surface area contributed by atoms with Gasteiger partial charge in [-0.25, -0.2) is 15.0 Å². The van der Waals surface area contributed by atoms with Crippen LogP contribution in [-0.2, 0) is 0 Å². The molecule has 0 amide bonds. The van der Waals surface area contributed by atoms with Gasteiger partial charge in [0, 0.05) is 64.0 Å². The summed E-state index contributed by atoms with van der Waals surface area (Å²) in [7, 11) is 0. The van der Waals surface area contributed by atoms with E-state index in [4.69, 9.17) is 19.4 Å². The molecule has 0 atom stereocenters. The van der Waals surface area contributed by atoms with Gasteiger partial charge in [-0.2, -0.15) is 0 Å². The summed E-state index contributed by atoms with van der Waals surface area (Å²) in [5.74, 6) is 1.80. The van der Waals surface area contributed by atoms with Crippen LogP contribution < -0.4 is 0 Å². The van der Waals surface area contributed by atoms with E-state index in [1.54, 1.807) is 11.3 Å². The molecule has 0 N–H and O–H groups in total. The fourth-order valence-electron chi connectivity index (χ4n) is 9.42. The second-order valence-electron chi connectivity index (χ2n) is 15.9. The molecule has 0 aliphatic carbocycles. The monoisotopic (exact) mass is 822 g/mol. The van der Waals surface area contributed by atoms with Gasteiger partial charge in [-0.05, 0) is 59.2 Å². The molecule has 63 heavy (non-hydrogen) atoms. The second kappa shape index (κ2) is 14.2. The summed E-state index contributed by atoms with van der Waals surface area (Å²) in [6.45, 7) is 0. The van der Waals surface area contributed by atoms with Crippen LogP contribution >= 0.6 is 11.3 Å². The highest BCUT2D eigenvalue weighted by Gasteiger charge is 2.23. The highest BCUT2D eigenvalue weighted by Crippen LogP contribution is 2.44. The largest absolute Gasteiger partial charge is 0.456 e. The van der Waals surface area contributed by atoms with Crippen LogP contribution in [0.5, 0.6) is 0 Å². The van der Waals surface area contributed by atoms with Crippen molar-refractivity contribution in [2.45, 2.75) is 0 Å². The van der Waals surface area contributed by atoms with Crippen molar-refractivity contribution in [1.29, 1.82) is 0 Å². The molecule has 9 aromatic carbocycles. The van der Waals surface area contributed by atoms with E-state index >= 15 is 0 Å². The van der Waals surface area contributed by atoms with Crippen molar-refractivity contribution in [2.24, 2.45) is 0 Å². The van der Waals surface area contributed by atoms with Crippen molar-refractivity contribution in [3.05, 3.63) is 206 Å². The molecule has 0 aliphatic rings. The van der Waals surface area contributed by atoms with Gasteiger partial charge in [0.05, 0.1) is 16.7 Å². The van der Waals surface area contributed by atoms with Crippen LogP contribution in [0.25, 0.3) is 126 Å². The van der Waals surface area contributed by atoms with Crippen LogP contribution in [0.1, 0.15) is 0 Å². The van der Waals surface area contributed by atoms with Gasteiger partial charge in [0.25, 0.3) is 0 Å². The zero-order valence-electron chi connectivity index (χ0n) is 33.7. The Morgan fingerprint density at radius 3 is 1.63 bits per heavy atom. The predicted octanol–water partition coefficient (Wildman–Crippen LogP) is 15.6. The average molecular weight is 823 g/mol. The Labute approximate surface area is 365 Å². The molecule has 0 fully saturated rings. The Kier molecular flexibility index (Phi) is 8.01. The zero-order chi connectivity index (χ0) is 41.4. The Balaban J connectivity index is 1.04. The van der Waals surface area contributed by atoms with Gasteiger partial charge in [-0.15, -0.1) is 11.3 Å². The Hall–Kier alpha value is -8.19. The van der Waals surface area contributed by atoms with E-state index in [0.717, 1.165) is 77.6 Å². The van der Waals surface area contributed by atoms with Crippen molar-refractivity contribution in [3.8, 4) is 62.1 Å². The topological polar surface area (TPSA) is 56.7 Å². The summed E-state index contributed by atoms with van der Waals surface area (Å²) in [6, 6.07) is 72.6. The third-order valence-corrected chi connectivity index (χ3v) is 13.4. The van der Waals surface area contributed by atoms with E-state index in [2.05, 4.69) is 193 Å². The van der Waals surface area contributed by atoms with Crippen molar-refractivity contribution in [2.75, 3.05) is 0 Å². The number of hydrogen-bond donors (Lipinski definition) is 0. The second-order valence-corrected chi connectivity index (χ2v) is 17.0. The fourth-order valence-corrected chi connectivity index (χ4v) is 10.6. The maximum Gasteiger partial charge on any atom is 0.164 e. The van der Waals surface area contributed by atoms with Crippen molar-refractivity contribution in [3.63, 3.8) is 0 Å². The molecule has 0 bridgehead atoms. The Morgan fingerprint density at radius 1 is 0.349 bits per heavy atom. The van der Waals surface area contributed by atoms with Crippen molar-refractivity contribution >= 4 is 75.3 Å². The molecule has 0 unspecified atom stereocenters. The molecular weight excluding hydrogens is 789 g/mol. The molecular formula is C57H34N4OS. The highest BCUT2D eigenvalue weighted by atomic mass is 32.1. The summed E-state index contributed by atoms with van der Waals surface area (Å²) < 4.78 is 11.6. The third kappa shape index (κ3) is 5.73. The molecule has 294 valence electrons. The fraction of sp³-hybridized carbons (Fsp3) is 0. The summed E-state index contributed by atoms with van der Waals surface area (Å²) in [6.07, 6.45) is 0. The molecule has 6 heteroatoms. The van der Waals surface area contributed by atoms with E-state index in [1.807, 2.05) is 18.2 Å². The molecule has 13 rings (SSSR count). The van der Waals surface area contributed by atoms with E-state index in [0.29, 0.717) is 17.5 Å². The lowest BCUT2D eigenvalue weighted by Gasteiger charge is -2.15. The zero-order valence-corrected chi connectivity index (χ0v) is 34.6. The quantitative estimate of drug-likeness (QED) is 0.168. The van der Waals surface area contributed by atoms with Gasteiger partial charge in [0.1, 0.15) is 11.2 Å². The maximum absolute atomic E-state index is 6.73. The number of fused-ring (bicyclic) bond motifs is 9. The van der Waals surface area contributed by atoms with Gasteiger partial charge < -0.3 is 8.98 Å². The van der Waals surface area contributed by atoms with E-state index in [-0.39, 0.29) is 0 Å². The van der Waals surface area contributed by atoms with Crippen molar-refractivity contribution in [1.82, 2.24) is 19.5 Å². The van der Waals surface area contributed by atoms with Crippen LogP contribution in [0, 0.1) is 0 Å². The third-order valence-electron chi connectivity index (χ3n) is 12.3. The molecule has 13 aromatic rings. The number of aromatic nitrogens is 4. The van der Waals surface area contributed by atoms with Crippen molar-refractivity contribution < 1.29 is 4.42 Å². The first-order valence-electron chi connectivity index (χ1n) is 21.1. The SMILES string of the molecule is c1ccc(-c2ccc(-c3nc(-c4ccc5c(c4)sc4ccccc45)nc(-c4cccc5oc6cccc(-c7ccccc7-n7c8ccccc8c8ccccc87)c6c45)n3)cc2)cc1. The predicted molar refractivity (Wildman–Crippen MR) is 262 cm³/mol. The van der Waals surface area contributed by atoms with Crippen LogP contribution in [0.3, 0.4) is 0 Å². The molecule has 0 saturated heterocycles. The molecule has 4 aromatic heterocycles. The number of nitrogens with zero attached hydrogens (tertiary/aromatic N) is 4. The smallest absolute Gasteiger partial charge is 0.164 e. The van der Waals surface area contributed by atoms with E-state index < -0.39 is 0 Å². The normalized spacial score (nSPS) is 11.8. The minimum Gasteiger partial charge on any atom is -0.456 e. The molecule has 0 radical (unpaired) electrons.